The highest BCUT2D eigenvalue weighted by molar-refractivity contribution is 5.97. The van der Waals surface area contributed by atoms with Crippen molar-refractivity contribution < 1.29 is 0 Å². The molecule has 3 rings (SSSR count). The Morgan fingerprint density at radius 3 is 2.50 bits per heavy atom. The van der Waals surface area contributed by atoms with Crippen molar-refractivity contribution in [2.45, 2.75) is 26.7 Å². The summed E-state index contributed by atoms with van der Waals surface area (Å²) in [7, 11) is 0. The Kier molecular flexibility index (Phi) is 4.32. The van der Waals surface area contributed by atoms with Crippen LogP contribution < -0.4 is 5.32 Å². The maximum Gasteiger partial charge on any atom is 0.0665 e. The smallest absolute Gasteiger partial charge is 0.0665 e. The van der Waals surface area contributed by atoms with Crippen LogP contribution in [0.15, 0.2) is 41.4 Å². The van der Waals surface area contributed by atoms with Gasteiger partial charge in [-0.15, -0.1) is 0 Å². The molecule has 1 aromatic rings. The van der Waals surface area contributed by atoms with E-state index in [0.29, 0.717) is 5.92 Å². The Bertz CT molecular complexity index is 439. The van der Waals surface area contributed by atoms with Crippen molar-refractivity contribution in [3.05, 3.63) is 42.0 Å². The standard InChI is InChI=1S/C15H18N2.CH4/c1-2-4-12(5-3-1)14-6-7-15(17-14)13-8-10-16-11-9-13;/h1-6,13,16H,7-11H2;1H4. The van der Waals surface area contributed by atoms with Crippen LogP contribution in [0.3, 0.4) is 0 Å². The quantitative estimate of drug-likeness (QED) is 0.843. The number of hydrogen-bond acceptors (Lipinski definition) is 2. The van der Waals surface area contributed by atoms with Gasteiger partial charge in [-0.05, 0) is 31.5 Å². The fourth-order valence-electron chi connectivity index (χ4n) is 2.65. The molecule has 0 amide bonds. The summed E-state index contributed by atoms with van der Waals surface area (Å²) in [5.41, 5.74) is 3.81. The highest BCUT2D eigenvalue weighted by atomic mass is 14.9. The minimum atomic E-state index is 0. The Morgan fingerprint density at radius 2 is 1.78 bits per heavy atom. The number of nitrogens with one attached hydrogen (secondary N) is 1. The van der Waals surface area contributed by atoms with Gasteiger partial charge in [0.05, 0.1) is 5.70 Å². The Hall–Kier alpha value is -1.41. The van der Waals surface area contributed by atoms with E-state index >= 15 is 0 Å². The van der Waals surface area contributed by atoms with E-state index in [1.165, 1.54) is 29.8 Å². The van der Waals surface area contributed by atoms with E-state index in [1.54, 1.807) is 0 Å². The minimum Gasteiger partial charge on any atom is -0.317 e. The van der Waals surface area contributed by atoms with Crippen molar-refractivity contribution >= 4 is 11.4 Å². The predicted molar refractivity (Wildman–Crippen MR) is 78.8 cm³/mol. The fraction of sp³-hybridized carbons (Fsp3) is 0.438. The van der Waals surface area contributed by atoms with Gasteiger partial charge in [0.25, 0.3) is 0 Å². The molecule has 2 nitrogen and oxygen atoms in total. The normalized spacial score (nSPS) is 20.0. The maximum absolute atomic E-state index is 4.83. The highest BCUT2D eigenvalue weighted by Crippen LogP contribution is 2.27. The lowest BCUT2D eigenvalue weighted by Gasteiger charge is -2.22. The first kappa shape index (κ1) is 13.0. The van der Waals surface area contributed by atoms with Crippen LogP contribution in [0.4, 0.5) is 0 Å². The first-order valence-corrected chi connectivity index (χ1v) is 6.47. The molecule has 1 saturated heterocycles. The molecular weight excluding hydrogens is 220 g/mol. The first-order chi connectivity index (χ1) is 8.43. The van der Waals surface area contributed by atoms with Crippen molar-refractivity contribution in [1.82, 2.24) is 5.32 Å². The van der Waals surface area contributed by atoms with Crippen LogP contribution in [0.5, 0.6) is 0 Å². The molecule has 2 aliphatic rings. The zero-order valence-electron chi connectivity index (χ0n) is 10.0. The van der Waals surface area contributed by atoms with E-state index in [1.807, 2.05) is 0 Å². The number of benzene rings is 1. The molecule has 18 heavy (non-hydrogen) atoms. The average molecular weight is 242 g/mol. The number of piperidine rings is 1. The molecule has 96 valence electrons. The van der Waals surface area contributed by atoms with Crippen molar-refractivity contribution in [2.24, 2.45) is 10.9 Å². The monoisotopic (exact) mass is 242 g/mol. The Morgan fingerprint density at radius 1 is 1.06 bits per heavy atom. The topological polar surface area (TPSA) is 24.4 Å². The molecule has 2 heterocycles. The van der Waals surface area contributed by atoms with Crippen molar-refractivity contribution in [1.29, 1.82) is 0 Å². The van der Waals surface area contributed by atoms with Crippen LogP contribution in [0.1, 0.15) is 32.3 Å². The second-order valence-electron chi connectivity index (χ2n) is 4.79. The van der Waals surface area contributed by atoms with Gasteiger partial charge >= 0.3 is 0 Å². The van der Waals surface area contributed by atoms with E-state index in [9.17, 15) is 0 Å². The highest BCUT2D eigenvalue weighted by Gasteiger charge is 2.21. The molecule has 0 spiro atoms. The van der Waals surface area contributed by atoms with Gasteiger partial charge in [0.15, 0.2) is 0 Å². The molecule has 0 radical (unpaired) electrons. The lowest BCUT2D eigenvalue weighted by molar-refractivity contribution is 0.454. The van der Waals surface area contributed by atoms with Crippen molar-refractivity contribution in [3.8, 4) is 0 Å². The van der Waals surface area contributed by atoms with Gasteiger partial charge in [0.2, 0.25) is 0 Å². The first-order valence-electron chi connectivity index (χ1n) is 6.47. The third-order valence-electron chi connectivity index (χ3n) is 3.65. The number of allylic oxidation sites excluding steroid dienone is 1. The third kappa shape index (κ3) is 2.70. The van der Waals surface area contributed by atoms with Gasteiger partial charge in [-0.3, -0.25) is 4.99 Å². The van der Waals surface area contributed by atoms with Gasteiger partial charge in [0.1, 0.15) is 0 Å². The lowest BCUT2D eigenvalue weighted by atomic mass is 9.92. The third-order valence-corrected chi connectivity index (χ3v) is 3.65. The lowest BCUT2D eigenvalue weighted by Crippen LogP contribution is -2.31. The summed E-state index contributed by atoms with van der Waals surface area (Å²) in [6.07, 6.45) is 5.81. The van der Waals surface area contributed by atoms with Crippen molar-refractivity contribution in [3.63, 3.8) is 0 Å². The van der Waals surface area contributed by atoms with Crippen LogP contribution in [0.2, 0.25) is 0 Å². The summed E-state index contributed by atoms with van der Waals surface area (Å²) < 4.78 is 0. The number of rotatable bonds is 2. The van der Waals surface area contributed by atoms with Crippen LogP contribution in [0, 0.1) is 5.92 Å². The molecule has 2 aliphatic heterocycles. The molecular formula is C16H22N2. The number of nitrogens with zero attached hydrogens (tertiary/aromatic N) is 1. The van der Waals surface area contributed by atoms with Crippen LogP contribution in [0.25, 0.3) is 5.70 Å². The van der Waals surface area contributed by atoms with Gasteiger partial charge in [-0.1, -0.05) is 43.8 Å². The van der Waals surface area contributed by atoms with E-state index in [-0.39, 0.29) is 7.43 Å². The second kappa shape index (κ2) is 5.96. The summed E-state index contributed by atoms with van der Waals surface area (Å²) in [4.78, 5) is 4.83. The molecule has 1 fully saturated rings. The number of aliphatic imine (C=N–C) groups is 1. The van der Waals surface area contributed by atoms with E-state index < -0.39 is 0 Å². The summed E-state index contributed by atoms with van der Waals surface area (Å²) in [6, 6.07) is 10.5. The summed E-state index contributed by atoms with van der Waals surface area (Å²) >= 11 is 0. The van der Waals surface area contributed by atoms with Crippen molar-refractivity contribution in [2.75, 3.05) is 13.1 Å². The molecule has 0 aromatic heterocycles. The minimum absolute atomic E-state index is 0. The molecule has 1 aromatic carbocycles. The van der Waals surface area contributed by atoms with E-state index in [2.05, 4.69) is 41.7 Å². The summed E-state index contributed by atoms with van der Waals surface area (Å²) in [5, 5.41) is 3.41. The Balaban J connectivity index is 0.00000120. The largest absolute Gasteiger partial charge is 0.317 e. The average Bonchev–Trinajstić information content (AvgIpc) is 2.90. The molecule has 0 atom stereocenters. The fourth-order valence-corrected chi connectivity index (χ4v) is 2.65. The molecule has 1 N–H and O–H groups in total. The predicted octanol–water partition coefficient (Wildman–Crippen LogP) is 3.51. The SMILES string of the molecule is C.C1=C(c2ccccc2)N=C(C2CCNCC2)C1. The van der Waals surface area contributed by atoms with Gasteiger partial charge in [-0.2, -0.15) is 0 Å². The van der Waals surface area contributed by atoms with Gasteiger partial charge in [-0.25, -0.2) is 0 Å². The molecule has 2 heteroatoms. The number of hydrogen-bond donors (Lipinski definition) is 1. The second-order valence-corrected chi connectivity index (χ2v) is 4.79. The Labute approximate surface area is 110 Å². The van der Waals surface area contributed by atoms with Crippen LogP contribution in [-0.2, 0) is 0 Å². The summed E-state index contributed by atoms with van der Waals surface area (Å²) in [6.45, 7) is 2.29. The van der Waals surface area contributed by atoms with Gasteiger partial charge < -0.3 is 5.32 Å². The van der Waals surface area contributed by atoms with E-state index in [4.69, 9.17) is 4.99 Å². The zero-order valence-corrected chi connectivity index (χ0v) is 10.0. The molecule has 0 saturated carbocycles. The summed E-state index contributed by atoms with van der Waals surface area (Å²) in [5.74, 6) is 0.703. The van der Waals surface area contributed by atoms with Crippen LogP contribution in [-0.4, -0.2) is 18.8 Å². The molecule has 0 aliphatic carbocycles. The molecule has 0 unspecified atom stereocenters. The van der Waals surface area contributed by atoms with Gasteiger partial charge in [0, 0.05) is 18.1 Å². The zero-order chi connectivity index (χ0) is 11.5. The van der Waals surface area contributed by atoms with E-state index in [0.717, 1.165) is 19.5 Å². The molecule has 0 bridgehead atoms. The van der Waals surface area contributed by atoms with Crippen LogP contribution >= 0.6 is 0 Å². The maximum atomic E-state index is 4.83.